The molecule has 0 saturated heterocycles. The van der Waals surface area contributed by atoms with Gasteiger partial charge in [-0.15, -0.1) is 0 Å². The van der Waals surface area contributed by atoms with Crippen molar-refractivity contribution < 1.29 is 19.1 Å². The molecule has 3 rings (SSSR count). The molecule has 0 radical (unpaired) electrons. The number of rotatable bonds is 5. The summed E-state index contributed by atoms with van der Waals surface area (Å²) in [7, 11) is 1.59. The van der Waals surface area contributed by atoms with Gasteiger partial charge in [-0.25, -0.2) is 4.79 Å². The van der Waals surface area contributed by atoms with Crippen molar-refractivity contribution in [2.24, 2.45) is 5.16 Å². The van der Waals surface area contributed by atoms with Crippen LogP contribution in [0.4, 0.5) is 0 Å². The van der Waals surface area contributed by atoms with E-state index in [9.17, 15) is 4.79 Å². The highest BCUT2D eigenvalue weighted by molar-refractivity contribution is 14.1. The highest BCUT2D eigenvalue weighted by atomic mass is 127. The first-order valence-corrected chi connectivity index (χ1v) is 8.68. The average Bonchev–Trinajstić information content (AvgIpc) is 2.93. The molecule has 0 N–H and O–H groups in total. The van der Waals surface area contributed by atoms with Gasteiger partial charge in [-0.2, -0.15) is 0 Å². The molecule has 0 aliphatic carbocycles. The molecule has 2 aromatic carbocycles. The van der Waals surface area contributed by atoms with Crippen LogP contribution in [0.5, 0.6) is 11.5 Å². The van der Waals surface area contributed by atoms with E-state index in [1.165, 1.54) is 0 Å². The molecule has 0 spiro atoms. The van der Waals surface area contributed by atoms with Crippen molar-refractivity contribution in [3.63, 3.8) is 0 Å². The Bertz CT molecular complexity index is 859. The topological polar surface area (TPSA) is 57.1 Å². The number of nitrogens with zero attached hydrogens (tertiary/aromatic N) is 1. The molecule has 1 aliphatic heterocycles. The van der Waals surface area contributed by atoms with Crippen molar-refractivity contribution in [2.45, 2.75) is 13.5 Å². The number of methoxy groups -OCH3 is 1. The quantitative estimate of drug-likeness (QED) is 0.390. The summed E-state index contributed by atoms with van der Waals surface area (Å²) in [5.74, 6) is 0.833. The van der Waals surface area contributed by atoms with Crippen LogP contribution in [0.15, 0.2) is 53.2 Å². The molecular formula is C19H16INO4. The highest BCUT2D eigenvalue weighted by Gasteiger charge is 2.22. The van der Waals surface area contributed by atoms with Gasteiger partial charge in [0.15, 0.2) is 11.5 Å². The van der Waals surface area contributed by atoms with Gasteiger partial charge in [-0.3, -0.25) is 0 Å². The zero-order chi connectivity index (χ0) is 17.8. The lowest BCUT2D eigenvalue weighted by Crippen LogP contribution is -2.03. The normalized spacial score (nSPS) is 15.1. The second-order valence-electron chi connectivity index (χ2n) is 5.42. The third-order valence-electron chi connectivity index (χ3n) is 3.66. The summed E-state index contributed by atoms with van der Waals surface area (Å²) in [4.78, 5) is 16.4. The van der Waals surface area contributed by atoms with Crippen LogP contribution in [0, 0.1) is 3.57 Å². The molecule has 128 valence electrons. The van der Waals surface area contributed by atoms with Gasteiger partial charge < -0.3 is 14.3 Å². The molecule has 6 heteroatoms. The maximum atomic E-state index is 11.7. The summed E-state index contributed by atoms with van der Waals surface area (Å²) >= 11 is 2.19. The van der Waals surface area contributed by atoms with Crippen molar-refractivity contribution in [3.05, 3.63) is 62.7 Å². The summed E-state index contributed by atoms with van der Waals surface area (Å²) in [5, 5.41) is 3.68. The fourth-order valence-electron chi connectivity index (χ4n) is 2.38. The SMILES string of the molecule is COc1cc(/C=C2/C(=O)ON=C2C)cc(I)c1OCc1ccccc1. The number of ether oxygens (including phenoxy) is 2. The highest BCUT2D eigenvalue weighted by Crippen LogP contribution is 2.35. The maximum absolute atomic E-state index is 11.7. The van der Waals surface area contributed by atoms with Gasteiger partial charge in [-0.1, -0.05) is 35.5 Å². The minimum Gasteiger partial charge on any atom is -0.493 e. The second kappa shape index (κ2) is 7.69. The van der Waals surface area contributed by atoms with E-state index >= 15 is 0 Å². The first kappa shape index (κ1) is 17.5. The van der Waals surface area contributed by atoms with Gasteiger partial charge >= 0.3 is 5.97 Å². The van der Waals surface area contributed by atoms with E-state index in [1.54, 1.807) is 20.1 Å². The molecular weight excluding hydrogens is 433 g/mol. The predicted octanol–water partition coefficient (Wildman–Crippen LogP) is 4.19. The molecule has 0 bridgehead atoms. The smallest absolute Gasteiger partial charge is 0.367 e. The van der Waals surface area contributed by atoms with Crippen LogP contribution in [0.1, 0.15) is 18.1 Å². The molecule has 0 fully saturated rings. The van der Waals surface area contributed by atoms with Gasteiger partial charge in [0, 0.05) is 0 Å². The molecule has 0 saturated carbocycles. The van der Waals surface area contributed by atoms with Crippen LogP contribution in [-0.4, -0.2) is 18.8 Å². The van der Waals surface area contributed by atoms with Crippen molar-refractivity contribution in [2.75, 3.05) is 7.11 Å². The molecule has 0 atom stereocenters. The average molecular weight is 449 g/mol. The number of halogens is 1. The largest absolute Gasteiger partial charge is 0.493 e. The predicted molar refractivity (Wildman–Crippen MR) is 104 cm³/mol. The fourth-order valence-corrected chi connectivity index (χ4v) is 3.16. The van der Waals surface area contributed by atoms with Gasteiger partial charge in [0.2, 0.25) is 0 Å². The van der Waals surface area contributed by atoms with Crippen LogP contribution >= 0.6 is 22.6 Å². The Labute approximate surface area is 159 Å². The Kier molecular flexibility index (Phi) is 5.37. The van der Waals surface area contributed by atoms with Crippen molar-refractivity contribution in [1.29, 1.82) is 0 Å². The molecule has 1 heterocycles. The van der Waals surface area contributed by atoms with Crippen LogP contribution in [-0.2, 0) is 16.2 Å². The fraction of sp³-hybridized carbons (Fsp3) is 0.158. The zero-order valence-electron chi connectivity index (χ0n) is 13.8. The number of carbonyl (C=O) groups excluding carboxylic acids is 1. The van der Waals surface area contributed by atoms with Crippen molar-refractivity contribution in [3.8, 4) is 11.5 Å². The number of benzene rings is 2. The van der Waals surface area contributed by atoms with Crippen LogP contribution in [0.25, 0.3) is 6.08 Å². The number of hydrogen-bond acceptors (Lipinski definition) is 5. The van der Waals surface area contributed by atoms with Gasteiger partial charge in [0.25, 0.3) is 0 Å². The van der Waals surface area contributed by atoms with E-state index in [4.69, 9.17) is 9.47 Å². The molecule has 5 nitrogen and oxygen atoms in total. The number of carbonyl (C=O) groups is 1. The summed E-state index contributed by atoms with van der Waals surface area (Å²) in [6, 6.07) is 13.7. The third kappa shape index (κ3) is 4.01. The van der Waals surface area contributed by atoms with Crippen LogP contribution in [0.2, 0.25) is 0 Å². The van der Waals surface area contributed by atoms with E-state index in [0.717, 1.165) is 14.7 Å². The summed E-state index contributed by atoms with van der Waals surface area (Å²) in [6.45, 7) is 2.18. The summed E-state index contributed by atoms with van der Waals surface area (Å²) < 4.78 is 12.3. The monoisotopic (exact) mass is 449 g/mol. The van der Waals surface area contributed by atoms with E-state index in [0.29, 0.717) is 29.4 Å². The Hall–Kier alpha value is -2.35. The zero-order valence-corrected chi connectivity index (χ0v) is 15.9. The minimum absolute atomic E-state index is 0.441. The van der Waals surface area contributed by atoms with Gasteiger partial charge in [0.1, 0.15) is 6.61 Å². The van der Waals surface area contributed by atoms with Crippen LogP contribution in [0.3, 0.4) is 0 Å². The summed E-state index contributed by atoms with van der Waals surface area (Å²) in [6.07, 6.45) is 1.74. The second-order valence-corrected chi connectivity index (χ2v) is 6.58. The molecule has 25 heavy (non-hydrogen) atoms. The lowest BCUT2D eigenvalue weighted by atomic mass is 10.1. The van der Waals surface area contributed by atoms with Crippen molar-refractivity contribution in [1.82, 2.24) is 0 Å². The van der Waals surface area contributed by atoms with E-state index in [-0.39, 0.29) is 0 Å². The van der Waals surface area contributed by atoms with E-state index < -0.39 is 5.97 Å². The lowest BCUT2D eigenvalue weighted by Gasteiger charge is -2.14. The van der Waals surface area contributed by atoms with Crippen LogP contribution < -0.4 is 9.47 Å². The first-order chi connectivity index (χ1) is 12.1. The minimum atomic E-state index is -0.448. The third-order valence-corrected chi connectivity index (χ3v) is 4.47. The molecule has 0 unspecified atom stereocenters. The Morgan fingerprint density at radius 1 is 1.24 bits per heavy atom. The van der Waals surface area contributed by atoms with Crippen molar-refractivity contribution >= 4 is 40.3 Å². The number of oxime groups is 1. The molecule has 0 amide bonds. The molecule has 1 aliphatic rings. The van der Waals surface area contributed by atoms with Gasteiger partial charge in [-0.05, 0) is 58.9 Å². The standard InChI is InChI=1S/C19H16INO4/c1-12-15(19(22)25-21-12)8-14-9-16(20)18(17(10-14)23-2)24-11-13-6-4-3-5-7-13/h3-10H,11H2,1-2H3/b15-8+. The number of hydrogen-bond donors (Lipinski definition) is 0. The first-order valence-electron chi connectivity index (χ1n) is 7.60. The Balaban J connectivity index is 1.87. The summed E-state index contributed by atoms with van der Waals surface area (Å²) in [5.41, 5.74) is 2.89. The van der Waals surface area contributed by atoms with Gasteiger partial charge in [0.05, 0.1) is 22.0 Å². The lowest BCUT2D eigenvalue weighted by molar-refractivity contribution is -0.136. The molecule has 0 aromatic heterocycles. The van der Waals surface area contributed by atoms with E-state index in [1.807, 2.05) is 42.5 Å². The Morgan fingerprint density at radius 2 is 2.00 bits per heavy atom. The molecule has 2 aromatic rings. The Morgan fingerprint density at radius 3 is 2.64 bits per heavy atom. The maximum Gasteiger partial charge on any atom is 0.367 e. The van der Waals surface area contributed by atoms with E-state index in [2.05, 4.69) is 32.6 Å².